The van der Waals surface area contributed by atoms with Crippen LogP contribution in [0.3, 0.4) is 0 Å². The van der Waals surface area contributed by atoms with Crippen molar-refractivity contribution in [1.29, 1.82) is 0 Å². The van der Waals surface area contributed by atoms with Crippen molar-refractivity contribution in [3.63, 3.8) is 0 Å². The SMILES string of the molecule is CCSCCCC(CO)Cc1ccccc1C. The molecule has 1 rings (SSSR count). The fourth-order valence-electron chi connectivity index (χ4n) is 2.03. The van der Waals surface area contributed by atoms with Gasteiger partial charge in [0.25, 0.3) is 0 Å². The van der Waals surface area contributed by atoms with Gasteiger partial charge in [0.2, 0.25) is 0 Å². The fraction of sp³-hybridized carbons (Fsp3) is 0.600. The zero-order valence-electron chi connectivity index (χ0n) is 11.0. The summed E-state index contributed by atoms with van der Waals surface area (Å²) in [6, 6.07) is 8.49. The van der Waals surface area contributed by atoms with Crippen molar-refractivity contribution in [2.45, 2.75) is 33.1 Å². The van der Waals surface area contributed by atoms with Crippen molar-refractivity contribution < 1.29 is 5.11 Å². The molecular weight excluding hydrogens is 228 g/mol. The van der Waals surface area contributed by atoms with Gasteiger partial charge < -0.3 is 5.11 Å². The number of aliphatic hydroxyl groups excluding tert-OH is 1. The van der Waals surface area contributed by atoms with Gasteiger partial charge in [0.15, 0.2) is 0 Å². The first-order valence-electron chi connectivity index (χ1n) is 6.51. The number of aliphatic hydroxyl groups is 1. The van der Waals surface area contributed by atoms with Crippen LogP contribution in [0.1, 0.15) is 30.9 Å². The molecular formula is C15H24OS. The molecule has 1 aromatic carbocycles. The van der Waals surface area contributed by atoms with Gasteiger partial charge in [0, 0.05) is 6.61 Å². The lowest BCUT2D eigenvalue weighted by Gasteiger charge is -2.15. The van der Waals surface area contributed by atoms with Crippen molar-refractivity contribution in [2.75, 3.05) is 18.1 Å². The molecule has 0 saturated heterocycles. The molecule has 1 aromatic rings. The van der Waals surface area contributed by atoms with E-state index in [1.54, 1.807) is 0 Å². The lowest BCUT2D eigenvalue weighted by Crippen LogP contribution is -2.11. The molecule has 0 amide bonds. The number of hydrogen-bond acceptors (Lipinski definition) is 2. The van der Waals surface area contributed by atoms with Crippen molar-refractivity contribution >= 4 is 11.8 Å². The molecule has 17 heavy (non-hydrogen) atoms. The van der Waals surface area contributed by atoms with Gasteiger partial charge in [-0.1, -0.05) is 31.2 Å². The number of rotatable bonds is 8. The Kier molecular flexibility index (Phi) is 7.38. The molecule has 0 aliphatic rings. The van der Waals surface area contributed by atoms with E-state index in [0.29, 0.717) is 12.5 Å². The minimum atomic E-state index is 0.311. The van der Waals surface area contributed by atoms with E-state index in [4.69, 9.17) is 0 Å². The molecule has 1 unspecified atom stereocenters. The Labute approximate surface area is 110 Å². The minimum absolute atomic E-state index is 0.311. The Morgan fingerprint density at radius 1 is 1.29 bits per heavy atom. The first-order valence-corrected chi connectivity index (χ1v) is 7.66. The van der Waals surface area contributed by atoms with E-state index in [9.17, 15) is 5.11 Å². The zero-order chi connectivity index (χ0) is 12.5. The van der Waals surface area contributed by atoms with Crippen LogP contribution in [-0.4, -0.2) is 23.2 Å². The number of hydrogen-bond donors (Lipinski definition) is 1. The number of aryl methyl sites for hydroxylation is 1. The third-order valence-corrected chi connectivity index (χ3v) is 4.12. The molecule has 1 atom stereocenters. The van der Waals surface area contributed by atoms with Crippen LogP contribution < -0.4 is 0 Å². The van der Waals surface area contributed by atoms with Crippen molar-refractivity contribution in [2.24, 2.45) is 5.92 Å². The molecule has 0 heterocycles. The van der Waals surface area contributed by atoms with Gasteiger partial charge in [0.05, 0.1) is 0 Å². The van der Waals surface area contributed by atoms with Gasteiger partial charge in [-0.05, 0) is 54.7 Å². The standard InChI is InChI=1S/C15H24OS/c1-3-17-10-6-8-14(12-16)11-15-9-5-4-7-13(15)2/h4-5,7,9,14,16H,3,6,8,10-12H2,1-2H3. The highest BCUT2D eigenvalue weighted by molar-refractivity contribution is 7.99. The summed E-state index contributed by atoms with van der Waals surface area (Å²) in [7, 11) is 0. The summed E-state index contributed by atoms with van der Waals surface area (Å²) in [4.78, 5) is 0. The van der Waals surface area contributed by atoms with E-state index in [1.165, 1.54) is 29.1 Å². The maximum atomic E-state index is 9.43. The molecule has 0 radical (unpaired) electrons. The van der Waals surface area contributed by atoms with Crippen LogP contribution in [0.25, 0.3) is 0 Å². The van der Waals surface area contributed by atoms with Crippen LogP contribution in [0.5, 0.6) is 0 Å². The van der Waals surface area contributed by atoms with Crippen LogP contribution in [0.4, 0.5) is 0 Å². The van der Waals surface area contributed by atoms with Crippen LogP contribution in [-0.2, 0) is 6.42 Å². The first kappa shape index (κ1) is 14.6. The maximum Gasteiger partial charge on any atom is 0.0462 e. The third kappa shape index (κ3) is 5.60. The van der Waals surface area contributed by atoms with E-state index in [2.05, 4.69) is 38.1 Å². The number of thioether (sulfide) groups is 1. The normalized spacial score (nSPS) is 12.6. The van der Waals surface area contributed by atoms with Gasteiger partial charge >= 0.3 is 0 Å². The van der Waals surface area contributed by atoms with E-state index in [-0.39, 0.29) is 0 Å². The molecule has 0 aromatic heterocycles. The molecule has 1 nitrogen and oxygen atoms in total. The number of benzene rings is 1. The second kappa shape index (κ2) is 8.60. The van der Waals surface area contributed by atoms with Crippen LogP contribution >= 0.6 is 11.8 Å². The molecule has 96 valence electrons. The van der Waals surface area contributed by atoms with Crippen LogP contribution in [0.15, 0.2) is 24.3 Å². The monoisotopic (exact) mass is 252 g/mol. The van der Waals surface area contributed by atoms with Gasteiger partial charge in [0.1, 0.15) is 0 Å². The van der Waals surface area contributed by atoms with Gasteiger partial charge in [-0.25, -0.2) is 0 Å². The summed E-state index contributed by atoms with van der Waals surface area (Å²) >= 11 is 1.99. The quantitative estimate of drug-likeness (QED) is 0.712. The smallest absolute Gasteiger partial charge is 0.0462 e. The average molecular weight is 252 g/mol. The highest BCUT2D eigenvalue weighted by Crippen LogP contribution is 2.18. The predicted molar refractivity (Wildman–Crippen MR) is 77.7 cm³/mol. The highest BCUT2D eigenvalue weighted by atomic mass is 32.2. The summed E-state index contributed by atoms with van der Waals surface area (Å²) < 4.78 is 0. The molecule has 0 spiro atoms. The molecule has 2 heteroatoms. The molecule has 0 aliphatic carbocycles. The Hall–Kier alpha value is -0.470. The second-order valence-corrected chi connectivity index (χ2v) is 5.91. The van der Waals surface area contributed by atoms with Gasteiger partial charge in [-0.2, -0.15) is 11.8 Å². The van der Waals surface area contributed by atoms with E-state index in [0.717, 1.165) is 12.8 Å². The first-order chi connectivity index (χ1) is 8.27. The predicted octanol–water partition coefficient (Wildman–Crippen LogP) is 3.68. The zero-order valence-corrected chi connectivity index (χ0v) is 11.8. The van der Waals surface area contributed by atoms with Gasteiger partial charge in [-0.15, -0.1) is 0 Å². The molecule has 1 N–H and O–H groups in total. The van der Waals surface area contributed by atoms with Gasteiger partial charge in [-0.3, -0.25) is 0 Å². The summed E-state index contributed by atoms with van der Waals surface area (Å²) in [5.41, 5.74) is 2.73. The molecule has 0 saturated carbocycles. The Balaban J connectivity index is 2.38. The Bertz CT molecular complexity index is 312. The van der Waals surface area contributed by atoms with E-state index in [1.807, 2.05) is 11.8 Å². The fourth-order valence-corrected chi connectivity index (χ4v) is 2.69. The van der Waals surface area contributed by atoms with Crippen LogP contribution in [0.2, 0.25) is 0 Å². The largest absolute Gasteiger partial charge is 0.396 e. The van der Waals surface area contributed by atoms with Crippen molar-refractivity contribution in [3.8, 4) is 0 Å². The summed E-state index contributed by atoms with van der Waals surface area (Å²) in [5.74, 6) is 2.84. The van der Waals surface area contributed by atoms with E-state index < -0.39 is 0 Å². The molecule has 0 aliphatic heterocycles. The third-order valence-electron chi connectivity index (χ3n) is 3.13. The summed E-state index contributed by atoms with van der Waals surface area (Å²) in [5, 5.41) is 9.43. The summed E-state index contributed by atoms with van der Waals surface area (Å²) in [6.45, 7) is 4.66. The maximum absolute atomic E-state index is 9.43. The minimum Gasteiger partial charge on any atom is -0.396 e. The molecule has 0 bridgehead atoms. The van der Waals surface area contributed by atoms with E-state index >= 15 is 0 Å². The van der Waals surface area contributed by atoms with Crippen molar-refractivity contribution in [3.05, 3.63) is 35.4 Å². The van der Waals surface area contributed by atoms with Crippen LogP contribution in [0, 0.1) is 12.8 Å². The Morgan fingerprint density at radius 2 is 2.06 bits per heavy atom. The second-order valence-electron chi connectivity index (χ2n) is 4.52. The average Bonchev–Trinajstić information content (AvgIpc) is 2.35. The summed E-state index contributed by atoms with van der Waals surface area (Å²) in [6.07, 6.45) is 3.37. The highest BCUT2D eigenvalue weighted by Gasteiger charge is 2.09. The molecule has 0 fully saturated rings. The lowest BCUT2D eigenvalue weighted by molar-refractivity contribution is 0.217. The topological polar surface area (TPSA) is 20.2 Å². The Morgan fingerprint density at radius 3 is 2.71 bits per heavy atom. The van der Waals surface area contributed by atoms with Crippen molar-refractivity contribution in [1.82, 2.24) is 0 Å². The lowest BCUT2D eigenvalue weighted by atomic mass is 9.93.